The highest BCUT2D eigenvalue weighted by atomic mass is 16.5. The zero-order valence-corrected chi connectivity index (χ0v) is 8.60. The van der Waals surface area contributed by atoms with Crippen LogP contribution in [0.15, 0.2) is 18.5 Å². The summed E-state index contributed by atoms with van der Waals surface area (Å²) in [7, 11) is 1.56. The first-order valence-electron chi connectivity index (χ1n) is 4.92. The summed E-state index contributed by atoms with van der Waals surface area (Å²) in [6.45, 7) is 1.20. The smallest absolute Gasteiger partial charge is 0.170 e. The predicted octanol–water partition coefficient (Wildman–Crippen LogP) is 1.31. The van der Waals surface area contributed by atoms with Crippen molar-refractivity contribution in [1.82, 2.24) is 4.98 Å². The van der Waals surface area contributed by atoms with Crippen molar-refractivity contribution in [2.45, 2.75) is 6.42 Å². The van der Waals surface area contributed by atoms with E-state index in [-0.39, 0.29) is 11.7 Å². The van der Waals surface area contributed by atoms with Gasteiger partial charge in [-0.1, -0.05) is 0 Å². The number of Topliss-reactive ketones (excluding diaryl/α,β-unsaturated/α-hetero) is 1. The second-order valence-electron chi connectivity index (χ2n) is 3.54. The fourth-order valence-corrected chi connectivity index (χ4v) is 1.64. The summed E-state index contributed by atoms with van der Waals surface area (Å²) in [5.74, 6) is 0.692. The van der Waals surface area contributed by atoms with Gasteiger partial charge in [-0.15, -0.1) is 0 Å². The van der Waals surface area contributed by atoms with Crippen LogP contribution < -0.4 is 4.74 Å². The fraction of sp³-hybridized carbons (Fsp3) is 0.455. The number of hydrogen-bond acceptors (Lipinski definition) is 4. The lowest BCUT2D eigenvalue weighted by atomic mass is 9.98. The topological polar surface area (TPSA) is 48.4 Å². The molecular formula is C11H13NO3. The van der Waals surface area contributed by atoms with Gasteiger partial charge < -0.3 is 9.47 Å². The standard InChI is InChI=1S/C11H13NO3/c1-14-10-4-9(5-12-6-10)11(13)8-2-3-15-7-8/h4-6,8H,2-3,7H2,1H3. The lowest BCUT2D eigenvalue weighted by Crippen LogP contribution is -2.14. The zero-order valence-electron chi connectivity index (χ0n) is 8.60. The highest BCUT2D eigenvalue weighted by Crippen LogP contribution is 2.20. The summed E-state index contributed by atoms with van der Waals surface area (Å²) in [6.07, 6.45) is 3.96. The highest BCUT2D eigenvalue weighted by Gasteiger charge is 2.24. The summed E-state index contributed by atoms with van der Waals surface area (Å²) >= 11 is 0. The molecule has 80 valence electrons. The van der Waals surface area contributed by atoms with Crippen molar-refractivity contribution in [2.24, 2.45) is 5.92 Å². The predicted molar refractivity (Wildman–Crippen MR) is 54.0 cm³/mol. The van der Waals surface area contributed by atoms with Gasteiger partial charge in [0.15, 0.2) is 5.78 Å². The third kappa shape index (κ3) is 2.15. The number of hydrogen-bond donors (Lipinski definition) is 0. The molecule has 0 saturated carbocycles. The van der Waals surface area contributed by atoms with Gasteiger partial charge >= 0.3 is 0 Å². The molecule has 0 radical (unpaired) electrons. The second-order valence-corrected chi connectivity index (χ2v) is 3.54. The third-order valence-corrected chi connectivity index (χ3v) is 2.53. The molecule has 0 N–H and O–H groups in total. The number of carbonyl (C=O) groups is 1. The molecule has 0 bridgehead atoms. The monoisotopic (exact) mass is 207 g/mol. The van der Waals surface area contributed by atoms with Crippen molar-refractivity contribution in [3.05, 3.63) is 24.0 Å². The molecule has 0 aromatic carbocycles. The molecule has 2 rings (SSSR count). The van der Waals surface area contributed by atoms with Crippen LogP contribution in [0.3, 0.4) is 0 Å². The number of rotatable bonds is 3. The van der Waals surface area contributed by atoms with Crippen molar-refractivity contribution >= 4 is 5.78 Å². The molecule has 0 spiro atoms. The molecule has 0 amide bonds. The minimum absolute atomic E-state index is 0.0149. The van der Waals surface area contributed by atoms with Crippen molar-refractivity contribution < 1.29 is 14.3 Å². The largest absolute Gasteiger partial charge is 0.495 e. The molecule has 1 aliphatic heterocycles. The minimum Gasteiger partial charge on any atom is -0.495 e. The quantitative estimate of drug-likeness (QED) is 0.701. The van der Waals surface area contributed by atoms with Crippen LogP contribution in [-0.4, -0.2) is 31.1 Å². The second kappa shape index (κ2) is 4.40. The maximum atomic E-state index is 11.9. The number of methoxy groups -OCH3 is 1. The molecule has 1 aliphatic rings. The molecule has 1 aromatic heterocycles. The van der Waals surface area contributed by atoms with Gasteiger partial charge in [-0.05, 0) is 12.5 Å². The molecule has 1 fully saturated rings. The molecule has 1 saturated heterocycles. The Hall–Kier alpha value is -1.42. The van der Waals surface area contributed by atoms with Crippen molar-refractivity contribution in [3.8, 4) is 5.75 Å². The summed E-state index contributed by atoms with van der Waals surface area (Å²) in [5, 5.41) is 0. The average molecular weight is 207 g/mol. The van der Waals surface area contributed by atoms with E-state index in [4.69, 9.17) is 9.47 Å². The van der Waals surface area contributed by atoms with E-state index in [2.05, 4.69) is 4.98 Å². The van der Waals surface area contributed by atoms with Gasteiger partial charge in [0.2, 0.25) is 0 Å². The molecule has 1 atom stereocenters. The van der Waals surface area contributed by atoms with Gasteiger partial charge in [0.1, 0.15) is 5.75 Å². The minimum atomic E-state index is -0.0149. The first-order chi connectivity index (χ1) is 7.31. The van der Waals surface area contributed by atoms with Crippen LogP contribution in [0.4, 0.5) is 0 Å². The van der Waals surface area contributed by atoms with Gasteiger partial charge in [-0.3, -0.25) is 9.78 Å². The third-order valence-electron chi connectivity index (χ3n) is 2.53. The van der Waals surface area contributed by atoms with Gasteiger partial charge in [0.25, 0.3) is 0 Å². The molecule has 0 aliphatic carbocycles. The van der Waals surface area contributed by atoms with Gasteiger partial charge in [-0.25, -0.2) is 0 Å². The Morgan fingerprint density at radius 3 is 3.13 bits per heavy atom. The van der Waals surface area contributed by atoms with Crippen LogP contribution in [0, 0.1) is 5.92 Å². The lowest BCUT2D eigenvalue weighted by molar-refractivity contribution is 0.0899. The van der Waals surface area contributed by atoms with Crippen molar-refractivity contribution in [2.75, 3.05) is 20.3 Å². The Morgan fingerprint density at radius 1 is 1.60 bits per heavy atom. The fourth-order valence-electron chi connectivity index (χ4n) is 1.64. The Labute approximate surface area is 88.2 Å². The van der Waals surface area contributed by atoms with E-state index < -0.39 is 0 Å². The summed E-state index contributed by atoms with van der Waals surface area (Å²) in [5.41, 5.74) is 0.602. The number of aromatic nitrogens is 1. The number of ketones is 1. The molecule has 2 heterocycles. The van der Waals surface area contributed by atoms with Gasteiger partial charge in [0.05, 0.1) is 19.9 Å². The van der Waals surface area contributed by atoms with Gasteiger partial charge in [0, 0.05) is 24.3 Å². The SMILES string of the molecule is COc1cncc(C(=O)C2CCOC2)c1. The van der Waals surface area contributed by atoms with Crippen LogP contribution in [0.25, 0.3) is 0 Å². The van der Waals surface area contributed by atoms with E-state index in [0.717, 1.165) is 6.42 Å². The highest BCUT2D eigenvalue weighted by molar-refractivity contribution is 5.98. The zero-order chi connectivity index (χ0) is 10.7. The summed E-state index contributed by atoms with van der Waals surface area (Å²) < 4.78 is 10.2. The first-order valence-corrected chi connectivity index (χ1v) is 4.92. The van der Waals surface area contributed by atoms with E-state index in [9.17, 15) is 4.79 Å². The molecule has 15 heavy (non-hydrogen) atoms. The molecule has 4 nitrogen and oxygen atoms in total. The van der Waals surface area contributed by atoms with Crippen LogP contribution in [-0.2, 0) is 4.74 Å². The first kappa shape index (κ1) is 10.1. The Balaban J connectivity index is 2.17. The normalized spacial score (nSPS) is 20.2. The molecule has 1 aromatic rings. The van der Waals surface area contributed by atoms with E-state index in [1.54, 1.807) is 25.6 Å². The van der Waals surface area contributed by atoms with Crippen LogP contribution in [0.1, 0.15) is 16.8 Å². The Morgan fingerprint density at radius 2 is 2.47 bits per heavy atom. The Kier molecular flexibility index (Phi) is 2.97. The molecular weight excluding hydrogens is 194 g/mol. The molecule has 4 heteroatoms. The maximum Gasteiger partial charge on any atom is 0.170 e. The Bertz CT molecular complexity index is 359. The van der Waals surface area contributed by atoms with Crippen molar-refractivity contribution in [3.63, 3.8) is 0 Å². The number of nitrogens with zero attached hydrogens (tertiary/aromatic N) is 1. The number of pyridine rings is 1. The van der Waals surface area contributed by atoms with E-state index >= 15 is 0 Å². The van der Waals surface area contributed by atoms with Crippen LogP contribution in [0.5, 0.6) is 5.75 Å². The summed E-state index contributed by atoms with van der Waals surface area (Å²) in [4.78, 5) is 15.9. The van der Waals surface area contributed by atoms with Crippen LogP contribution >= 0.6 is 0 Å². The van der Waals surface area contributed by atoms with Crippen molar-refractivity contribution in [1.29, 1.82) is 0 Å². The number of carbonyl (C=O) groups excluding carboxylic acids is 1. The van der Waals surface area contributed by atoms with Crippen LogP contribution in [0.2, 0.25) is 0 Å². The molecule has 1 unspecified atom stereocenters. The van der Waals surface area contributed by atoms with E-state index in [1.807, 2.05) is 0 Å². The number of ether oxygens (including phenoxy) is 2. The van der Waals surface area contributed by atoms with Gasteiger partial charge in [-0.2, -0.15) is 0 Å². The summed E-state index contributed by atoms with van der Waals surface area (Å²) in [6, 6.07) is 1.72. The maximum absolute atomic E-state index is 11.9. The average Bonchev–Trinajstić information content (AvgIpc) is 2.81. The lowest BCUT2D eigenvalue weighted by Gasteiger charge is -2.07. The van der Waals surface area contributed by atoms with E-state index in [1.165, 1.54) is 0 Å². The van der Waals surface area contributed by atoms with E-state index in [0.29, 0.717) is 24.5 Å².